The van der Waals surface area contributed by atoms with Gasteiger partial charge >= 0.3 is 0 Å². The molecular formula is C17H18FN3OS. The zero-order chi connectivity index (χ0) is 16.4. The third kappa shape index (κ3) is 4.22. The molecular weight excluding hydrogens is 313 g/mol. The van der Waals surface area contributed by atoms with Crippen molar-refractivity contribution in [3.8, 4) is 10.9 Å². The molecule has 0 aliphatic carbocycles. The van der Waals surface area contributed by atoms with Gasteiger partial charge in [-0.3, -0.25) is 0 Å². The average Bonchev–Trinajstić information content (AvgIpc) is 3.09. The minimum absolute atomic E-state index is 0.0976. The largest absolute Gasteiger partial charge is 0.419 e. The molecule has 0 radical (unpaired) electrons. The molecule has 3 rings (SSSR count). The van der Waals surface area contributed by atoms with Gasteiger partial charge in [0.25, 0.3) is 5.89 Å². The molecule has 0 fully saturated rings. The summed E-state index contributed by atoms with van der Waals surface area (Å²) in [5.74, 6) is 0.854. The van der Waals surface area contributed by atoms with Gasteiger partial charge in [-0.05, 0) is 23.1 Å². The molecule has 0 atom stereocenters. The highest BCUT2D eigenvalue weighted by Crippen LogP contribution is 2.26. The lowest BCUT2D eigenvalue weighted by Crippen LogP contribution is -2.09. The maximum absolute atomic E-state index is 12.9. The Morgan fingerprint density at radius 2 is 1.87 bits per heavy atom. The predicted molar refractivity (Wildman–Crippen MR) is 87.8 cm³/mol. The van der Waals surface area contributed by atoms with Gasteiger partial charge in [0, 0.05) is 18.2 Å². The first-order valence-corrected chi connectivity index (χ1v) is 8.29. The number of rotatable bonds is 4. The Balaban J connectivity index is 1.73. The zero-order valence-electron chi connectivity index (χ0n) is 13.3. The molecule has 0 bridgehead atoms. The second-order valence-corrected chi connectivity index (χ2v) is 7.54. The molecule has 0 N–H and O–H groups in total. The summed E-state index contributed by atoms with van der Waals surface area (Å²) in [4.78, 5) is 4.54. The van der Waals surface area contributed by atoms with Crippen LogP contribution < -0.4 is 0 Å². The summed E-state index contributed by atoms with van der Waals surface area (Å²) in [5.41, 5.74) is 2.02. The van der Waals surface area contributed by atoms with E-state index in [1.165, 1.54) is 23.5 Å². The van der Waals surface area contributed by atoms with Crippen LogP contribution in [-0.2, 0) is 12.8 Å². The van der Waals surface area contributed by atoms with Crippen molar-refractivity contribution in [1.29, 1.82) is 0 Å². The molecule has 6 heteroatoms. The smallest absolute Gasteiger partial charge is 0.276 e. The van der Waals surface area contributed by atoms with E-state index in [1.54, 1.807) is 12.1 Å². The van der Waals surface area contributed by atoms with Crippen molar-refractivity contribution in [2.24, 2.45) is 5.41 Å². The molecule has 120 valence electrons. The van der Waals surface area contributed by atoms with Crippen LogP contribution in [0.5, 0.6) is 0 Å². The minimum Gasteiger partial charge on any atom is -0.419 e. The lowest BCUT2D eigenvalue weighted by Gasteiger charge is -2.14. The van der Waals surface area contributed by atoms with E-state index in [9.17, 15) is 4.39 Å². The van der Waals surface area contributed by atoms with E-state index in [-0.39, 0.29) is 11.2 Å². The number of hydrogen-bond acceptors (Lipinski definition) is 5. The number of nitrogens with zero attached hydrogens (tertiary/aromatic N) is 3. The van der Waals surface area contributed by atoms with Crippen molar-refractivity contribution in [1.82, 2.24) is 15.2 Å². The van der Waals surface area contributed by atoms with Crippen LogP contribution in [0, 0.1) is 11.2 Å². The third-order valence-corrected chi connectivity index (χ3v) is 4.06. The molecule has 0 unspecified atom stereocenters. The van der Waals surface area contributed by atoms with Crippen LogP contribution in [0.15, 0.2) is 34.1 Å². The van der Waals surface area contributed by atoms with E-state index in [1.807, 2.05) is 5.38 Å². The summed E-state index contributed by atoms with van der Waals surface area (Å²) in [5, 5.41) is 10.9. The van der Waals surface area contributed by atoms with Crippen LogP contribution in [-0.4, -0.2) is 15.2 Å². The first kappa shape index (κ1) is 15.8. The van der Waals surface area contributed by atoms with E-state index >= 15 is 0 Å². The number of hydrogen-bond donors (Lipinski definition) is 0. The van der Waals surface area contributed by atoms with Gasteiger partial charge in [0.15, 0.2) is 5.01 Å². The first-order valence-electron chi connectivity index (χ1n) is 7.41. The second kappa shape index (κ2) is 6.20. The lowest BCUT2D eigenvalue weighted by atomic mass is 9.92. The van der Waals surface area contributed by atoms with Gasteiger partial charge in [-0.25, -0.2) is 9.37 Å². The molecule has 0 spiro atoms. The number of thiazole rings is 1. The Labute approximate surface area is 138 Å². The number of halogens is 1. The third-order valence-electron chi connectivity index (χ3n) is 3.18. The van der Waals surface area contributed by atoms with E-state index in [0.717, 1.165) is 22.7 Å². The maximum Gasteiger partial charge on any atom is 0.276 e. The fraction of sp³-hybridized carbons (Fsp3) is 0.353. The zero-order valence-corrected chi connectivity index (χ0v) is 14.2. The fourth-order valence-corrected chi connectivity index (χ4v) is 2.90. The van der Waals surface area contributed by atoms with E-state index in [2.05, 4.69) is 36.0 Å². The summed E-state index contributed by atoms with van der Waals surface area (Å²) in [6.07, 6.45) is 1.38. The van der Waals surface area contributed by atoms with Crippen molar-refractivity contribution in [2.45, 2.75) is 33.6 Å². The lowest BCUT2D eigenvalue weighted by molar-refractivity contribution is 0.357. The molecule has 0 saturated carbocycles. The second-order valence-electron chi connectivity index (χ2n) is 6.69. The van der Waals surface area contributed by atoms with Crippen LogP contribution in [0.3, 0.4) is 0 Å². The Bertz CT molecular complexity index is 787. The van der Waals surface area contributed by atoms with Crippen molar-refractivity contribution < 1.29 is 8.81 Å². The number of benzene rings is 1. The van der Waals surface area contributed by atoms with Crippen LogP contribution in [0.2, 0.25) is 0 Å². The predicted octanol–water partition coefficient (Wildman–Crippen LogP) is 4.51. The first-order chi connectivity index (χ1) is 10.9. The molecule has 0 saturated heterocycles. The molecule has 4 nitrogen and oxygen atoms in total. The van der Waals surface area contributed by atoms with Crippen molar-refractivity contribution in [3.63, 3.8) is 0 Å². The summed E-state index contributed by atoms with van der Waals surface area (Å²) in [7, 11) is 0. The van der Waals surface area contributed by atoms with Crippen LogP contribution in [0.4, 0.5) is 4.39 Å². The van der Waals surface area contributed by atoms with Crippen molar-refractivity contribution in [3.05, 3.63) is 52.6 Å². The monoisotopic (exact) mass is 331 g/mol. The summed E-state index contributed by atoms with van der Waals surface area (Å²) in [6, 6.07) is 6.45. The Kier molecular flexibility index (Phi) is 4.26. The van der Waals surface area contributed by atoms with Crippen molar-refractivity contribution in [2.75, 3.05) is 0 Å². The van der Waals surface area contributed by atoms with Gasteiger partial charge in [0.1, 0.15) is 5.82 Å². The standard InChI is InChI=1S/C17H18FN3OS/c1-17(2,3)9-14-20-21-15(22-14)16-19-13(10-23-16)8-11-4-6-12(18)7-5-11/h4-7,10H,8-9H2,1-3H3. The summed E-state index contributed by atoms with van der Waals surface area (Å²) >= 11 is 1.47. The summed E-state index contributed by atoms with van der Waals surface area (Å²) < 4.78 is 18.6. The highest BCUT2D eigenvalue weighted by molar-refractivity contribution is 7.13. The SMILES string of the molecule is CC(C)(C)Cc1nnc(-c2nc(Cc3ccc(F)cc3)cs2)o1. The topological polar surface area (TPSA) is 51.8 Å². The quantitative estimate of drug-likeness (QED) is 0.706. The molecule has 1 aromatic carbocycles. The van der Waals surface area contributed by atoms with Gasteiger partial charge in [0.2, 0.25) is 5.89 Å². The van der Waals surface area contributed by atoms with Crippen molar-refractivity contribution >= 4 is 11.3 Å². The van der Waals surface area contributed by atoms with Crippen LogP contribution in [0.1, 0.15) is 37.9 Å². The Morgan fingerprint density at radius 1 is 1.13 bits per heavy atom. The molecule has 0 aliphatic rings. The minimum atomic E-state index is -0.232. The number of aromatic nitrogens is 3. The normalized spacial score (nSPS) is 11.8. The van der Waals surface area contributed by atoms with Crippen LogP contribution in [0.25, 0.3) is 10.9 Å². The van der Waals surface area contributed by atoms with Gasteiger partial charge in [0.05, 0.1) is 5.69 Å². The van der Waals surface area contributed by atoms with Gasteiger partial charge in [-0.15, -0.1) is 21.5 Å². The molecule has 2 heterocycles. The van der Waals surface area contributed by atoms with Crippen LogP contribution >= 0.6 is 11.3 Å². The van der Waals surface area contributed by atoms with E-state index in [0.29, 0.717) is 18.2 Å². The Hall–Kier alpha value is -2.08. The Morgan fingerprint density at radius 3 is 2.57 bits per heavy atom. The molecule has 3 aromatic rings. The van der Waals surface area contributed by atoms with E-state index in [4.69, 9.17) is 4.42 Å². The highest BCUT2D eigenvalue weighted by Gasteiger charge is 2.18. The maximum atomic E-state index is 12.9. The van der Waals surface area contributed by atoms with E-state index < -0.39 is 0 Å². The van der Waals surface area contributed by atoms with Gasteiger partial charge in [-0.2, -0.15) is 0 Å². The highest BCUT2D eigenvalue weighted by atomic mass is 32.1. The molecule has 0 aliphatic heterocycles. The molecule has 0 amide bonds. The average molecular weight is 331 g/mol. The molecule has 2 aromatic heterocycles. The van der Waals surface area contributed by atoms with Gasteiger partial charge in [-0.1, -0.05) is 32.9 Å². The molecule has 23 heavy (non-hydrogen) atoms. The fourth-order valence-electron chi connectivity index (χ4n) is 2.16. The summed E-state index contributed by atoms with van der Waals surface area (Å²) in [6.45, 7) is 6.38. The van der Waals surface area contributed by atoms with Gasteiger partial charge < -0.3 is 4.42 Å².